The quantitative estimate of drug-likeness (QED) is 0.795. The van der Waals surface area contributed by atoms with E-state index in [4.69, 9.17) is 0 Å². The van der Waals surface area contributed by atoms with E-state index in [1.54, 1.807) is 11.3 Å². The summed E-state index contributed by atoms with van der Waals surface area (Å²) in [6.07, 6.45) is 2.23. The molecule has 2 heterocycles. The van der Waals surface area contributed by atoms with Crippen molar-refractivity contribution in [2.45, 2.75) is 18.8 Å². The Kier molecular flexibility index (Phi) is 4.10. The molecule has 1 unspecified atom stereocenters. The molecule has 1 atom stereocenters. The molecule has 3 rings (SSSR count). The number of rotatable bonds is 6. The van der Waals surface area contributed by atoms with Crippen molar-refractivity contribution in [1.29, 1.82) is 0 Å². The summed E-state index contributed by atoms with van der Waals surface area (Å²) >= 11 is 1.67. The van der Waals surface area contributed by atoms with Crippen LogP contribution >= 0.6 is 11.3 Å². The topological polar surface area (TPSA) is 37.0 Å². The van der Waals surface area contributed by atoms with Crippen molar-refractivity contribution >= 4 is 17.0 Å². The Morgan fingerprint density at radius 1 is 1.32 bits per heavy atom. The molecule has 1 aromatic heterocycles. The maximum atomic E-state index is 4.29. The number of nitrogens with one attached hydrogen (secondary N) is 2. The molecule has 0 bridgehead atoms. The fourth-order valence-corrected chi connectivity index (χ4v) is 3.19. The highest BCUT2D eigenvalue weighted by Gasteiger charge is 2.20. The van der Waals surface area contributed by atoms with Crippen LogP contribution in [0.15, 0.2) is 35.2 Å². The van der Waals surface area contributed by atoms with Gasteiger partial charge in [-0.25, -0.2) is 4.98 Å². The van der Waals surface area contributed by atoms with E-state index in [-0.39, 0.29) is 0 Å². The van der Waals surface area contributed by atoms with Crippen LogP contribution in [0.2, 0.25) is 0 Å². The molecule has 0 radical (unpaired) electrons. The number of hydrogen-bond donors (Lipinski definition) is 2. The molecule has 0 saturated heterocycles. The smallest absolute Gasteiger partial charge is 0.0794 e. The summed E-state index contributed by atoms with van der Waals surface area (Å²) in [5.41, 5.74) is 5.89. The summed E-state index contributed by atoms with van der Waals surface area (Å²) in [5.74, 6) is 0.656. The average Bonchev–Trinajstić information content (AvgIpc) is 3.08. The van der Waals surface area contributed by atoms with Crippen LogP contribution in [0.1, 0.15) is 23.6 Å². The van der Waals surface area contributed by atoms with Gasteiger partial charge >= 0.3 is 0 Å². The third-order valence-corrected chi connectivity index (χ3v) is 4.29. The van der Waals surface area contributed by atoms with Crippen molar-refractivity contribution in [3.8, 4) is 0 Å². The average molecular weight is 273 g/mol. The maximum absolute atomic E-state index is 4.29. The van der Waals surface area contributed by atoms with Gasteiger partial charge in [-0.2, -0.15) is 0 Å². The molecule has 1 aliphatic rings. The number of aromatic nitrogens is 1. The van der Waals surface area contributed by atoms with Crippen LogP contribution in [-0.2, 0) is 6.42 Å². The fraction of sp³-hybridized carbons (Fsp3) is 0.400. The minimum Gasteiger partial charge on any atom is -0.384 e. The van der Waals surface area contributed by atoms with E-state index in [0.29, 0.717) is 5.92 Å². The number of nitrogens with zero attached hydrogens (tertiary/aromatic N) is 1. The molecule has 2 N–H and O–H groups in total. The van der Waals surface area contributed by atoms with Crippen LogP contribution < -0.4 is 10.6 Å². The molecular formula is C15H19N3S. The van der Waals surface area contributed by atoms with Crippen LogP contribution in [0, 0.1) is 0 Å². The Bertz CT molecular complexity index is 510. The molecule has 19 heavy (non-hydrogen) atoms. The van der Waals surface area contributed by atoms with E-state index >= 15 is 0 Å². The van der Waals surface area contributed by atoms with E-state index in [1.165, 1.54) is 23.4 Å². The summed E-state index contributed by atoms with van der Waals surface area (Å²) in [6, 6.07) is 8.65. The fourth-order valence-electron chi connectivity index (χ4n) is 2.59. The summed E-state index contributed by atoms with van der Waals surface area (Å²) in [7, 11) is 0. The van der Waals surface area contributed by atoms with E-state index < -0.39 is 0 Å². The lowest BCUT2D eigenvalue weighted by Crippen LogP contribution is -2.21. The highest BCUT2D eigenvalue weighted by molar-refractivity contribution is 7.07. The highest BCUT2D eigenvalue weighted by Crippen LogP contribution is 2.32. The Hall–Kier alpha value is -1.39. The zero-order valence-corrected chi connectivity index (χ0v) is 11.7. The second-order valence-corrected chi connectivity index (χ2v) is 5.65. The van der Waals surface area contributed by atoms with Crippen molar-refractivity contribution in [3.05, 3.63) is 46.4 Å². The Labute approximate surface area is 118 Å². The molecule has 3 nitrogen and oxygen atoms in total. The number of benzene rings is 1. The van der Waals surface area contributed by atoms with Gasteiger partial charge in [0.15, 0.2) is 0 Å². The molecule has 0 amide bonds. The number of fused-ring (bicyclic) bond motifs is 1. The second kappa shape index (κ2) is 6.17. The van der Waals surface area contributed by atoms with Gasteiger partial charge in [-0.3, -0.25) is 0 Å². The standard InChI is InChI=1S/C15H19N3S/c1-2-4-15-14(3-1)12(9-17-15)5-7-16-8-6-13-10-19-11-18-13/h1-4,10-12,16-17H,5-9H2. The van der Waals surface area contributed by atoms with Gasteiger partial charge in [-0.05, 0) is 24.6 Å². The summed E-state index contributed by atoms with van der Waals surface area (Å²) < 4.78 is 0. The molecule has 100 valence electrons. The summed E-state index contributed by atoms with van der Waals surface area (Å²) in [5, 5.41) is 9.12. The first kappa shape index (κ1) is 12.6. The minimum atomic E-state index is 0.656. The number of hydrogen-bond acceptors (Lipinski definition) is 4. The SMILES string of the molecule is c1ccc2c(c1)NCC2CCNCCc1cscn1. The van der Waals surface area contributed by atoms with Crippen LogP contribution in [0.4, 0.5) is 5.69 Å². The van der Waals surface area contributed by atoms with Crippen molar-refractivity contribution in [3.63, 3.8) is 0 Å². The Morgan fingerprint density at radius 3 is 3.16 bits per heavy atom. The lowest BCUT2D eigenvalue weighted by Gasteiger charge is -2.10. The van der Waals surface area contributed by atoms with Crippen LogP contribution in [-0.4, -0.2) is 24.6 Å². The zero-order chi connectivity index (χ0) is 12.9. The minimum absolute atomic E-state index is 0.656. The lowest BCUT2D eigenvalue weighted by molar-refractivity contribution is 0.592. The first-order valence-electron chi connectivity index (χ1n) is 6.84. The monoisotopic (exact) mass is 273 g/mol. The van der Waals surface area contributed by atoms with Gasteiger partial charge in [0.2, 0.25) is 0 Å². The largest absolute Gasteiger partial charge is 0.384 e. The van der Waals surface area contributed by atoms with Gasteiger partial charge in [0.05, 0.1) is 11.2 Å². The van der Waals surface area contributed by atoms with Crippen LogP contribution in [0.25, 0.3) is 0 Å². The first-order chi connectivity index (χ1) is 9.43. The predicted molar refractivity (Wildman–Crippen MR) is 81.0 cm³/mol. The predicted octanol–water partition coefficient (Wildman–Crippen LogP) is 2.87. The van der Waals surface area contributed by atoms with E-state index in [1.807, 2.05) is 5.51 Å². The van der Waals surface area contributed by atoms with Gasteiger partial charge in [-0.1, -0.05) is 18.2 Å². The number of thiazole rings is 1. The normalized spacial score (nSPS) is 17.2. The van der Waals surface area contributed by atoms with Gasteiger partial charge in [0.1, 0.15) is 0 Å². The zero-order valence-electron chi connectivity index (χ0n) is 10.9. The molecule has 0 spiro atoms. The van der Waals surface area contributed by atoms with Crippen molar-refractivity contribution < 1.29 is 0 Å². The van der Waals surface area contributed by atoms with E-state index in [0.717, 1.165) is 26.1 Å². The highest BCUT2D eigenvalue weighted by atomic mass is 32.1. The summed E-state index contributed by atoms with van der Waals surface area (Å²) in [4.78, 5) is 4.29. The lowest BCUT2D eigenvalue weighted by atomic mass is 9.98. The van der Waals surface area contributed by atoms with Gasteiger partial charge < -0.3 is 10.6 Å². The molecule has 0 saturated carbocycles. The number of para-hydroxylation sites is 1. The molecule has 4 heteroatoms. The second-order valence-electron chi connectivity index (χ2n) is 4.93. The molecule has 1 aliphatic heterocycles. The third-order valence-electron chi connectivity index (χ3n) is 3.65. The molecule has 1 aromatic carbocycles. The molecule has 0 aliphatic carbocycles. The van der Waals surface area contributed by atoms with Crippen LogP contribution in [0.5, 0.6) is 0 Å². The van der Waals surface area contributed by atoms with Crippen molar-refractivity contribution in [1.82, 2.24) is 10.3 Å². The molecule has 2 aromatic rings. The van der Waals surface area contributed by atoms with Gasteiger partial charge in [-0.15, -0.1) is 11.3 Å². The third kappa shape index (κ3) is 3.14. The first-order valence-corrected chi connectivity index (χ1v) is 7.78. The Balaban J connectivity index is 1.39. The number of anilines is 1. The maximum Gasteiger partial charge on any atom is 0.0794 e. The van der Waals surface area contributed by atoms with Crippen molar-refractivity contribution in [2.75, 3.05) is 25.0 Å². The van der Waals surface area contributed by atoms with Gasteiger partial charge in [0.25, 0.3) is 0 Å². The van der Waals surface area contributed by atoms with Gasteiger partial charge in [0, 0.05) is 36.5 Å². The Morgan fingerprint density at radius 2 is 2.26 bits per heavy atom. The van der Waals surface area contributed by atoms with E-state index in [2.05, 4.69) is 45.3 Å². The summed E-state index contributed by atoms with van der Waals surface area (Å²) in [6.45, 7) is 3.17. The van der Waals surface area contributed by atoms with E-state index in [9.17, 15) is 0 Å². The van der Waals surface area contributed by atoms with Crippen molar-refractivity contribution in [2.24, 2.45) is 0 Å². The van der Waals surface area contributed by atoms with Crippen LogP contribution in [0.3, 0.4) is 0 Å². The molecular weight excluding hydrogens is 254 g/mol. The molecule has 0 fully saturated rings.